The lowest BCUT2D eigenvalue weighted by atomic mass is 10.1. The molecule has 0 spiro atoms. The van der Waals surface area contributed by atoms with Crippen LogP contribution in [0.4, 0.5) is 13.6 Å². The van der Waals surface area contributed by atoms with Gasteiger partial charge in [0.1, 0.15) is 17.9 Å². The number of benzene rings is 2. The molecule has 0 bridgehead atoms. The molecule has 0 aromatic heterocycles. The van der Waals surface area contributed by atoms with Gasteiger partial charge in [-0.1, -0.05) is 11.6 Å². The molecular weight excluding hydrogens is 562 g/mol. The van der Waals surface area contributed by atoms with Crippen molar-refractivity contribution in [2.24, 2.45) is 0 Å². The fraction of sp³-hybridized carbons (Fsp3) is 0.417. The number of ether oxygens (including phenoxy) is 2. The number of halogens is 3. The predicted molar refractivity (Wildman–Crippen MR) is 134 cm³/mol. The number of hydroxylamine groups is 1. The number of nitrogens with zero attached hydrogens (tertiary/aromatic N) is 3. The molecule has 2 saturated heterocycles. The molecule has 212 valence electrons. The number of carbonyl (C=O) groups is 2. The maximum absolute atomic E-state index is 14.8. The van der Waals surface area contributed by atoms with Crippen molar-refractivity contribution in [1.82, 2.24) is 19.6 Å². The van der Waals surface area contributed by atoms with Crippen LogP contribution in [0, 0.1) is 11.6 Å². The Morgan fingerprint density at radius 2 is 1.67 bits per heavy atom. The zero-order chi connectivity index (χ0) is 28.3. The van der Waals surface area contributed by atoms with Crippen molar-refractivity contribution < 1.29 is 41.5 Å². The standard InChI is InChI=1S/C24H27ClF2N4O7S/c1-29-8-6-17(7-9-29)38-24(33)30-10-11-31(21(14-30)23(32)28-34)39(35,36)18-12-19(26)22(20(27)13-18)37-16-4-2-15(25)3-5-16/h2-5,12-13,17,21,34H,6-11,14H2,1H3,(H,28,32)/t21-/m0/s1. The Balaban J connectivity index is 1.52. The Labute approximate surface area is 228 Å². The summed E-state index contributed by atoms with van der Waals surface area (Å²) >= 11 is 5.79. The second kappa shape index (κ2) is 12.0. The first-order chi connectivity index (χ1) is 18.5. The van der Waals surface area contributed by atoms with E-state index in [0.717, 1.165) is 18.0 Å². The average Bonchev–Trinajstić information content (AvgIpc) is 2.92. The SMILES string of the molecule is CN1CCC(OC(=O)N2CCN(S(=O)(=O)c3cc(F)c(Oc4ccc(Cl)cc4)c(F)c3)[C@H](C(=O)NO)C2)CC1. The van der Waals surface area contributed by atoms with Gasteiger partial charge < -0.3 is 19.3 Å². The van der Waals surface area contributed by atoms with Crippen LogP contribution in [0.25, 0.3) is 0 Å². The molecule has 4 rings (SSSR count). The number of amides is 2. The van der Waals surface area contributed by atoms with Gasteiger partial charge in [0.05, 0.1) is 4.90 Å². The van der Waals surface area contributed by atoms with E-state index in [0.29, 0.717) is 34.3 Å². The van der Waals surface area contributed by atoms with Gasteiger partial charge in [-0.3, -0.25) is 10.0 Å². The van der Waals surface area contributed by atoms with E-state index in [1.807, 2.05) is 7.05 Å². The molecule has 0 radical (unpaired) electrons. The summed E-state index contributed by atoms with van der Waals surface area (Å²) in [5, 5.41) is 9.60. The minimum atomic E-state index is -4.66. The number of rotatable bonds is 6. The Morgan fingerprint density at radius 1 is 1.05 bits per heavy atom. The molecule has 0 saturated carbocycles. The minimum Gasteiger partial charge on any atom is -0.451 e. The van der Waals surface area contributed by atoms with E-state index >= 15 is 0 Å². The van der Waals surface area contributed by atoms with Crippen LogP contribution < -0.4 is 10.2 Å². The van der Waals surface area contributed by atoms with Crippen LogP contribution in [-0.4, -0.2) is 91.6 Å². The quantitative estimate of drug-likeness (QED) is 0.389. The van der Waals surface area contributed by atoms with Crippen molar-refractivity contribution >= 4 is 33.6 Å². The van der Waals surface area contributed by atoms with Crippen LogP contribution in [0.1, 0.15) is 12.8 Å². The van der Waals surface area contributed by atoms with Crippen LogP contribution in [-0.2, 0) is 19.6 Å². The van der Waals surface area contributed by atoms with E-state index in [9.17, 15) is 32.0 Å². The molecule has 2 amide bonds. The molecule has 15 heteroatoms. The van der Waals surface area contributed by atoms with Gasteiger partial charge in [0.15, 0.2) is 17.4 Å². The molecule has 1 atom stereocenters. The van der Waals surface area contributed by atoms with E-state index in [2.05, 4.69) is 4.90 Å². The highest BCUT2D eigenvalue weighted by Crippen LogP contribution is 2.32. The third kappa shape index (κ3) is 6.58. The van der Waals surface area contributed by atoms with E-state index in [4.69, 9.17) is 21.1 Å². The number of hydrogen-bond donors (Lipinski definition) is 2. The first-order valence-corrected chi connectivity index (χ1v) is 13.8. The molecule has 2 heterocycles. The van der Waals surface area contributed by atoms with E-state index in [-0.39, 0.29) is 18.4 Å². The average molecular weight is 589 g/mol. The summed E-state index contributed by atoms with van der Waals surface area (Å²) in [7, 11) is -2.71. The number of piperazine rings is 1. The molecule has 0 aliphatic carbocycles. The molecule has 2 fully saturated rings. The monoisotopic (exact) mass is 588 g/mol. The third-order valence-electron chi connectivity index (χ3n) is 6.55. The summed E-state index contributed by atoms with van der Waals surface area (Å²) in [6, 6.07) is 5.19. The van der Waals surface area contributed by atoms with Gasteiger partial charge in [-0.2, -0.15) is 4.31 Å². The summed E-state index contributed by atoms with van der Waals surface area (Å²) in [4.78, 5) is 27.6. The summed E-state index contributed by atoms with van der Waals surface area (Å²) in [5.74, 6) is -4.49. The summed E-state index contributed by atoms with van der Waals surface area (Å²) in [6.07, 6.45) is 0.219. The highest BCUT2D eigenvalue weighted by Gasteiger charge is 2.42. The van der Waals surface area contributed by atoms with Crippen LogP contribution in [0.5, 0.6) is 11.5 Å². The Morgan fingerprint density at radius 3 is 2.26 bits per heavy atom. The van der Waals surface area contributed by atoms with Gasteiger partial charge in [-0.15, -0.1) is 0 Å². The number of sulfonamides is 1. The largest absolute Gasteiger partial charge is 0.451 e. The van der Waals surface area contributed by atoms with Gasteiger partial charge in [0.2, 0.25) is 10.0 Å². The van der Waals surface area contributed by atoms with Gasteiger partial charge in [-0.25, -0.2) is 27.5 Å². The van der Waals surface area contributed by atoms with E-state index in [1.165, 1.54) is 29.7 Å². The van der Waals surface area contributed by atoms with Crippen molar-refractivity contribution in [2.45, 2.75) is 29.9 Å². The van der Waals surface area contributed by atoms with Crippen LogP contribution >= 0.6 is 11.6 Å². The number of hydrogen-bond acceptors (Lipinski definition) is 8. The summed E-state index contributed by atoms with van der Waals surface area (Å²) < 4.78 is 67.9. The molecule has 39 heavy (non-hydrogen) atoms. The third-order valence-corrected chi connectivity index (χ3v) is 8.69. The normalized spacial score (nSPS) is 19.5. The molecule has 2 aromatic rings. The number of nitrogens with one attached hydrogen (secondary N) is 1. The van der Waals surface area contributed by atoms with Crippen molar-refractivity contribution in [1.29, 1.82) is 0 Å². The summed E-state index contributed by atoms with van der Waals surface area (Å²) in [5.41, 5.74) is 1.39. The first kappa shape index (κ1) is 29.0. The number of piperidine rings is 1. The topological polar surface area (TPSA) is 129 Å². The fourth-order valence-electron chi connectivity index (χ4n) is 4.37. The Kier molecular flexibility index (Phi) is 8.91. The fourth-order valence-corrected chi connectivity index (χ4v) is 6.09. The van der Waals surface area contributed by atoms with E-state index < -0.39 is 63.4 Å². The highest BCUT2D eigenvalue weighted by atomic mass is 35.5. The smallest absolute Gasteiger partial charge is 0.410 e. The van der Waals surface area contributed by atoms with Crippen molar-refractivity contribution in [3.63, 3.8) is 0 Å². The first-order valence-electron chi connectivity index (χ1n) is 12.0. The number of carbonyl (C=O) groups excluding carboxylic acids is 2. The molecule has 2 aliphatic heterocycles. The van der Waals surface area contributed by atoms with Gasteiger partial charge in [0.25, 0.3) is 5.91 Å². The Hall–Kier alpha value is -3.04. The predicted octanol–water partition coefficient (Wildman–Crippen LogP) is 2.82. The molecule has 2 N–H and O–H groups in total. The highest BCUT2D eigenvalue weighted by molar-refractivity contribution is 7.89. The maximum atomic E-state index is 14.8. The van der Waals surface area contributed by atoms with E-state index in [1.54, 1.807) is 0 Å². The van der Waals surface area contributed by atoms with Crippen LogP contribution in [0.3, 0.4) is 0 Å². The Bertz CT molecular complexity index is 1300. The van der Waals surface area contributed by atoms with Crippen LogP contribution in [0.15, 0.2) is 41.3 Å². The molecular formula is C24H27ClF2N4O7S. The zero-order valence-electron chi connectivity index (χ0n) is 20.8. The molecule has 0 unspecified atom stereocenters. The van der Waals surface area contributed by atoms with Crippen LogP contribution in [0.2, 0.25) is 5.02 Å². The maximum Gasteiger partial charge on any atom is 0.410 e. The van der Waals surface area contributed by atoms with Gasteiger partial charge in [0, 0.05) is 37.7 Å². The molecule has 11 nitrogen and oxygen atoms in total. The second-order valence-corrected chi connectivity index (χ2v) is 11.5. The molecule has 2 aromatic carbocycles. The lowest BCUT2D eigenvalue weighted by Gasteiger charge is -2.39. The van der Waals surface area contributed by atoms with Gasteiger partial charge in [-0.05, 0) is 56.3 Å². The number of likely N-dealkylation sites (tertiary alicyclic amines) is 1. The lowest BCUT2D eigenvalue weighted by Crippen LogP contribution is -2.61. The van der Waals surface area contributed by atoms with Crippen molar-refractivity contribution in [3.8, 4) is 11.5 Å². The summed E-state index contributed by atoms with van der Waals surface area (Å²) in [6.45, 7) is 0.504. The van der Waals surface area contributed by atoms with Crippen molar-refractivity contribution in [3.05, 3.63) is 53.1 Å². The van der Waals surface area contributed by atoms with Crippen molar-refractivity contribution in [2.75, 3.05) is 39.8 Å². The molecule has 2 aliphatic rings. The second-order valence-electron chi connectivity index (χ2n) is 9.21. The zero-order valence-corrected chi connectivity index (χ0v) is 22.4. The minimum absolute atomic E-state index is 0.0655. The lowest BCUT2D eigenvalue weighted by molar-refractivity contribution is -0.134. The van der Waals surface area contributed by atoms with Gasteiger partial charge >= 0.3 is 6.09 Å².